The van der Waals surface area contributed by atoms with E-state index in [0.717, 1.165) is 5.56 Å². The van der Waals surface area contributed by atoms with Crippen molar-refractivity contribution in [3.8, 4) is 17.3 Å². The molecule has 0 saturated carbocycles. The number of nitrogen functional groups attached to an aromatic ring is 1. The number of rotatable bonds is 5. The maximum absolute atomic E-state index is 14.0. The summed E-state index contributed by atoms with van der Waals surface area (Å²) in [6.45, 7) is 3.97. The molecule has 184 valence electrons. The lowest BCUT2D eigenvalue weighted by atomic mass is 10.0. The number of carbonyl (C=O) groups is 1. The van der Waals surface area contributed by atoms with Gasteiger partial charge in [0.1, 0.15) is 17.7 Å². The smallest absolute Gasteiger partial charge is 0.279 e. The molecular weight excluding hydrogens is 506 g/mol. The normalized spacial score (nSPS) is 15.0. The Balaban J connectivity index is 1.78. The van der Waals surface area contributed by atoms with E-state index in [1.54, 1.807) is 17.0 Å². The number of nitrogens with two attached hydrogens (primary N) is 1. The molecule has 1 amide bonds. The second-order valence-corrected chi connectivity index (χ2v) is 9.36. The van der Waals surface area contributed by atoms with E-state index >= 15 is 0 Å². The van der Waals surface area contributed by atoms with Gasteiger partial charge in [-0.3, -0.25) is 9.69 Å². The van der Waals surface area contributed by atoms with Crippen LogP contribution >= 0.6 is 23.2 Å². The van der Waals surface area contributed by atoms with Crippen molar-refractivity contribution >= 4 is 40.7 Å². The zero-order valence-corrected chi connectivity index (χ0v) is 21.0. The molecule has 1 aliphatic rings. The highest BCUT2D eigenvalue weighted by Gasteiger charge is 2.45. The van der Waals surface area contributed by atoms with Crippen LogP contribution in [0.25, 0.3) is 11.4 Å². The van der Waals surface area contributed by atoms with Crippen LogP contribution in [0.1, 0.15) is 47.7 Å². The van der Waals surface area contributed by atoms with E-state index in [0.29, 0.717) is 27.8 Å². The first kappa shape index (κ1) is 24.0. The van der Waals surface area contributed by atoms with E-state index in [9.17, 15) is 9.18 Å². The Bertz CT molecular complexity index is 1490. The molecule has 4 aromatic rings. The van der Waals surface area contributed by atoms with E-state index < -0.39 is 11.9 Å². The fourth-order valence-electron chi connectivity index (χ4n) is 4.47. The maximum Gasteiger partial charge on any atom is 0.279 e. The average Bonchev–Trinajstić information content (AvgIpc) is 3.36. The number of nitrogens with zero attached hydrogens (tertiary/aromatic N) is 5. The number of hydrogen-bond donors (Lipinski definition) is 1. The summed E-state index contributed by atoms with van der Waals surface area (Å²) < 4.78 is 21.4. The minimum Gasteiger partial charge on any atom is -0.480 e. The number of hydrogen-bond acceptors (Lipinski definition) is 6. The van der Waals surface area contributed by atoms with Crippen LogP contribution in [0, 0.1) is 5.82 Å². The number of carbonyl (C=O) groups excluding carboxylic acids is 1. The number of halogens is 3. The first-order chi connectivity index (χ1) is 17.2. The van der Waals surface area contributed by atoms with E-state index in [1.165, 1.54) is 31.5 Å². The highest BCUT2D eigenvalue weighted by molar-refractivity contribution is 6.31. The third kappa shape index (κ3) is 3.84. The van der Waals surface area contributed by atoms with Gasteiger partial charge in [-0.25, -0.2) is 14.4 Å². The molecular formula is C25H21Cl2FN6O2. The quantitative estimate of drug-likeness (QED) is 0.357. The number of benzene rings is 2. The first-order valence-corrected chi connectivity index (χ1v) is 11.8. The SMILES string of the molecule is COc1nc(N)ncc1-c1nc2c(n1C(C)C)[C@@H](c1ccc(Cl)cc1)N(c1ccc(F)c(Cl)c1)C2=O. The molecule has 11 heteroatoms. The van der Waals surface area contributed by atoms with Crippen LogP contribution in [0.2, 0.25) is 10.0 Å². The second kappa shape index (κ2) is 9.07. The molecule has 2 N–H and O–H groups in total. The van der Waals surface area contributed by atoms with Crippen LogP contribution in [0.4, 0.5) is 16.0 Å². The standard InChI is InChI=1S/C25H21Cl2FN6O2/c1-12(2)33-21-19(31-22(33)16-11-30-25(29)32-23(16)36-3)24(35)34(15-8-9-18(28)17(27)10-15)20(21)13-4-6-14(26)7-5-13/h4-12,20H,1-3H3,(H2,29,30,32)/t20-/m1/s1. The molecule has 0 saturated heterocycles. The molecule has 1 aliphatic heterocycles. The fraction of sp³-hybridized carbons (Fsp3) is 0.200. The van der Waals surface area contributed by atoms with Crippen LogP contribution in [-0.2, 0) is 0 Å². The van der Waals surface area contributed by atoms with Crippen molar-refractivity contribution in [2.24, 2.45) is 0 Å². The van der Waals surface area contributed by atoms with Crippen LogP contribution in [0.5, 0.6) is 5.88 Å². The summed E-state index contributed by atoms with van der Waals surface area (Å²) in [6.07, 6.45) is 1.52. The van der Waals surface area contributed by atoms with E-state index in [4.69, 9.17) is 38.7 Å². The van der Waals surface area contributed by atoms with Gasteiger partial charge in [0.25, 0.3) is 5.91 Å². The van der Waals surface area contributed by atoms with Gasteiger partial charge in [-0.05, 0) is 49.7 Å². The predicted octanol–water partition coefficient (Wildman–Crippen LogP) is 5.71. The van der Waals surface area contributed by atoms with Crippen molar-refractivity contribution < 1.29 is 13.9 Å². The van der Waals surface area contributed by atoms with Crippen molar-refractivity contribution in [3.63, 3.8) is 0 Å². The molecule has 0 radical (unpaired) electrons. The number of amides is 1. The Hall–Kier alpha value is -3.69. The zero-order valence-electron chi connectivity index (χ0n) is 19.5. The summed E-state index contributed by atoms with van der Waals surface area (Å²) in [7, 11) is 1.48. The number of imidazole rings is 1. The van der Waals surface area contributed by atoms with Crippen LogP contribution < -0.4 is 15.4 Å². The molecule has 2 aromatic heterocycles. The van der Waals surface area contributed by atoms with E-state index in [1.807, 2.05) is 30.5 Å². The summed E-state index contributed by atoms with van der Waals surface area (Å²) in [5, 5.41) is 0.470. The van der Waals surface area contributed by atoms with Gasteiger partial charge in [0.15, 0.2) is 5.69 Å². The Morgan fingerprint density at radius 3 is 2.47 bits per heavy atom. The van der Waals surface area contributed by atoms with Crippen molar-refractivity contribution in [3.05, 3.63) is 81.5 Å². The minimum atomic E-state index is -0.587. The molecule has 0 fully saturated rings. The summed E-state index contributed by atoms with van der Waals surface area (Å²) in [6, 6.07) is 10.7. The monoisotopic (exact) mass is 526 g/mol. The van der Waals surface area contributed by atoms with Gasteiger partial charge in [0, 0.05) is 22.9 Å². The Morgan fingerprint density at radius 2 is 1.83 bits per heavy atom. The molecule has 1 atom stereocenters. The lowest BCUT2D eigenvalue weighted by Crippen LogP contribution is -2.30. The fourth-order valence-corrected chi connectivity index (χ4v) is 4.77. The van der Waals surface area contributed by atoms with Crippen LogP contribution in [0.15, 0.2) is 48.7 Å². The van der Waals surface area contributed by atoms with Gasteiger partial charge in [0.2, 0.25) is 11.8 Å². The maximum atomic E-state index is 14.0. The number of fused-ring (bicyclic) bond motifs is 1. The number of aromatic nitrogens is 4. The van der Waals surface area contributed by atoms with E-state index in [-0.39, 0.29) is 34.5 Å². The summed E-state index contributed by atoms with van der Waals surface area (Å²) in [5.41, 5.74) is 8.38. The Morgan fingerprint density at radius 1 is 1.11 bits per heavy atom. The number of anilines is 2. The largest absolute Gasteiger partial charge is 0.480 e. The third-order valence-corrected chi connectivity index (χ3v) is 6.52. The molecule has 0 unspecified atom stereocenters. The van der Waals surface area contributed by atoms with Crippen LogP contribution in [0.3, 0.4) is 0 Å². The minimum absolute atomic E-state index is 0.0558. The third-order valence-electron chi connectivity index (χ3n) is 5.98. The molecule has 36 heavy (non-hydrogen) atoms. The van der Waals surface area contributed by atoms with Crippen molar-refractivity contribution in [2.45, 2.75) is 25.9 Å². The summed E-state index contributed by atoms with van der Waals surface area (Å²) >= 11 is 12.2. The number of methoxy groups -OCH3 is 1. The van der Waals surface area contributed by atoms with Gasteiger partial charge in [-0.2, -0.15) is 4.98 Å². The molecule has 3 heterocycles. The molecule has 0 spiro atoms. The topological polar surface area (TPSA) is 99.2 Å². The second-order valence-electron chi connectivity index (χ2n) is 8.51. The van der Waals surface area contributed by atoms with Crippen LogP contribution in [-0.4, -0.2) is 32.5 Å². The molecule has 8 nitrogen and oxygen atoms in total. The van der Waals surface area contributed by atoms with E-state index in [2.05, 4.69) is 9.97 Å². The molecule has 2 aromatic carbocycles. The van der Waals surface area contributed by atoms with Gasteiger partial charge in [-0.1, -0.05) is 35.3 Å². The predicted molar refractivity (Wildman–Crippen MR) is 136 cm³/mol. The lowest BCUT2D eigenvalue weighted by molar-refractivity contribution is 0.0989. The Labute approximate surface area is 216 Å². The van der Waals surface area contributed by atoms with Gasteiger partial charge in [0.05, 0.1) is 23.4 Å². The number of ether oxygens (including phenoxy) is 1. The summed E-state index contributed by atoms with van der Waals surface area (Å²) in [5.74, 6) is -0.166. The van der Waals surface area contributed by atoms with Gasteiger partial charge >= 0.3 is 0 Å². The van der Waals surface area contributed by atoms with Crippen molar-refractivity contribution in [2.75, 3.05) is 17.7 Å². The highest BCUT2D eigenvalue weighted by atomic mass is 35.5. The van der Waals surface area contributed by atoms with Crippen molar-refractivity contribution in [1.29, 1.82) is 0 Å². The molecule has 0 bridgehead atoms. The van der Waals surface area contributed by atoms with Crippen molar-refractivity contribution in [1.82, 2.24) is 19.5 Å². The summed E-state index contributed by atoms with van der Waals surface area (Å²) in [4.78, 5) is 28.5. The highest BCUT2D eigenvalue weighted by Crippen LogP contribution is 2.45. The zero-order chi connectivity index (χ0) is 25.7. The Kier molecular flexibility index (Phi) is 6.05. The molecule has 5 rings (SSSR count). The van der Waals surface area contributed by atoms with Gasteiger partial charge < -0.3 is 15.0 Å². The first-order valence-electron chi connectivity index (χ1n) is 11.0. The lowest BCUT2D eigenvalue weighted by Gasteiger charge is -2.28. The molecule has 0 aliphatic carbocycles. The average molecular weight is 527 g/mol. The van der Waals surface area contributed by atoms with Gasteiger partial charge in [-0.15, -0.1) is 0 Å².